The molecule has 2 atom stereocenters. The molecule has 0 saturated heterocycles. The second kappa shape index (κ2) is 7.80. The van der Waals surface area contributed by atoms with Crippen LogP contribution in [0, 0.1) is 11.8 Å². The molecule has 1 aromatic rings. The monoisotopic (exact) mass is 277 g/mol. The highest BCUT2D eigenvalue weighted by Gasteiger charge is 2.23. The van der Waals surface area contributed by atoms with Gasteiger partial charge in [-0.05, 0) is 37.2 Å². The lowest BCUT2D eigenvalue weighted by Crippen LogP contribution is -2.40. The molecule has 0 amide bonds. The fourth-order valence-electron chi connectivity index (χ4n) is 2.79. The van der Waals surface area contributed by atoms with Crippen molar-refractivity contribution in [1.29, 1.82) is 0 Å². The summed E-state index contributed by atoms with van der Waals surface area (Å²) in [5, 5.41) is 14.0. The molecule has 0 radical (unpaired) electrons. The number of aliphatic hydroxyl groups is 1. The van der Waals surface area contributed by atoms with Crippen LogP contribution in [0.15, 0.2) is 30.3 Å². The van der Waals surface area contributed by atoms with Crippen molar-refractivity contribution in [1.82, 2.24) is 5.32 Å². The van der Waals surface area contributed by atoms with Crippen LogP contribution in [0.3, 0.4) is 0 Å². The van der Waals surface area contributed by atoms with E-state index in [0.717, 1.165) is 12.8 Å². The SMILES string of the molecule is CC(C)CC(NCC(C)(O)CC(C)C)c1ccccc1. The lowest BCUT2D eigenvalue weighted by molar-refractivity contribution is 0.0351. The highest BCUT2D eigenvalue weighted by atomic mass is 16.3. The van der Waals surface area contributed by atoms with Gasteiger partial charge in [-0.2, -0.15) is 0 Å². The molecule has 2 unspecified atom stereocenters. The Morgan fingerprint density at radius 2 is 1.65 bits per heavy atom. The van der Waals surface area contributed by atoms with Gasteiger partial charge in [-0.3, -0.25) is 0 Å². The van der Waals surface area contributed by atoms with Gasteiger partial charge in [0.25, 0.3) is 0 Å². The average Bonchev–Trinajstić information content (AvgIpc) is 2.33. The molecule has 1 rings (SSSR count). The first kappa shape index (κ1) is 17.2. The van der Waals surface area contributed by atoms with E-state index in [-0.39, 0.29) is 0 Å². The van der Waals surface area contributed by atoms with E-state index >= 15 is 0 Å². The summed E-state index contributed by atoms with van der Waals surface area (Å²) in [7, 11) is 0. The average molecular weight is 277 g/mol. The van der Waals surface area contributed by atoms with Crippen LogP contribution in [-0.2, 0) is 0 Å². The predicted molar refractivity (Wildman–Crippen MR) is 86.7 cm³/mol. The first-order valence-electron chi connectivity index (χ1n) is 7.81. The molecule has 0 aliphatic carbocycles. The number of rotatable bonds is 8. The molecule has 0 aliphatic rings. The van der Waals surface area contributed by atoms with Crippen LogP contribution in [0.1, 0.15) is 59.1 Å². The van der Waals surface area contributed by atoms with E-state index in [1.807, 2.05) is 13.0 Å². The molecule has 0 saturated carbocycles. The van der Waals surface area contributed by atoms with Gasteiger partial charge in [0.1, 0.15) is 0 Å². The van der Waals surface area contributed by atoms with Crippen LogP contribution in [0.5, 0.6) is 0 Å². The van der Waals surface area contributed by atoms with E-state index in [1.54, 1.807) is 0 Å². The molecule has 0 aliphatic heterocycles. The summed E-state index contributed by atoms with van der Waals surface area (Å²) in [6, 6.07) is 10.8. The van der Waals surface area contributed by atoms with Crippen LogP contribution < -0.4 is 5.32 Å². The molecule has 114 valence electrons. The van der Waals surface area contributed by atoms with Crippen molar-refractivity contribution in [3.8, 4) is 0 Å². The van der Waals surface area contributed by atoms with Crippen LogP contribution >= 0.6 is 0 Å². The number of nitrogens with one attached hydrogen (secondary N) is 1. The number of hydrogen-bond acceptors (Lipinski definition) is 2. The Kier molecular flexibility index (Phi) is 6.70. The Labute approximate surface area is 124 Å². The summed E-state index contributed by atoms with van der Waals surface area (Å²) in [6.07, 6.45) is 1.91. The second-order valence-corrected chi connectivity index (χ2v) is 7.07. The van der Waals surface area contributed by atoms with E-state index < -0.39 is 5.60 Å². The minimum atomic E-state index is -0.641. The van der Waals surface area contributed by atoms with Gasteiger partial charge in [0.15, 0.2) is 0 Å². The molecule has 0 fully saturated rings. The fourth-order valence-corrected chi connectivity index (χ4v) is 2.79. The molecule has 1 aromatic carbocycles. The Morgan fingerprint density at radius 3 is 2.15 bits per heavy atom. The van der Waals surface area contributed by atoms with Gasteiger partial charge < -0.3 is 10.4 Å². The van der Waals surface area contributed by atoms with Crippen LogP contribution in [0.25, 0.3) is 0 Å². The van der Waals surface area contributed by atoms with Crippen molar-refractivity contribution in [3.05, 3.63) is 35.9 Å². The number of hydrogen-bond donors (Lipinski definition) is 2. The van der Waals surface area contributed by atoms with Crippen LogP contribution in [0.2, 0.25) is 0 Å². The van der Waals surface area contributed by atoms with Gasteiger partial charge in [0.05, 0.1) is 5.60 Å². The normalized spacial score (nSPS) is 16.4. The van der Waals surface area contributed by atoms with Crippen molar-refractivity contribution in [2.45, 2.75) is 59.1 Å². The highest BCUT2D eigenvalue weighted by molar-refractivity contribution is 5.19. The molecule has 2 N–H and O–H groups in total. The lowest BCUT2D eigenvalue weighted by atomic mass is 9.92. The predicted octanol–water partition coefficient (Wildman–Crippen LogP) is 4.16. The maximum atomic E-state index is 10.5. The first-order chi connectivity index (χ1) is 9.30. The molecule has 2 heteroatoms. The molecule has 0 aromatic heterocycles. The third-order valence-corrected chi connectivity index (χ3v) is 3.49. The van der Waals surface area contributed by atoms with Crippen LogP contribution in [-0.4, -0.2) is 17.3 Å². The number of benzene rings is 1. The first-order valence-corrected chi connectivity index (χ1v) is 7.81. The summed E-state index contributed by atoms with van der Waals surface area (Å²) in [6.45, 7) is 11.3. The summed E-state index contributed by atoms with van der Waals surface area (Å²) >= 11 is 0. The Morgan fingerprint density at radius 1 is 1.05 bits per heavy atom. The minimum absolute atomic E-state index is 0.315. The van der Waals surface area contributed by atoms with Gasteiger partial charge in [0.2, 0.25) is 0 Å². The van der Waals surface area contributed by atoms with E-state index in [2.05, 4.69) is 57.3 Å². The lowest BCUT2D eigenvalue weighted by Gasteiger charge is -2.29. The standard InChI is InChI=1S/C18H31NO/c1-14(2)11-17(16-9-7-6-8-10-16)19-13-18(5,20)12-15(3)4/h6-10,14-15,17,19-20H,11-13H2,1-5H3. The Balaban J connectivity index is 2.67. The zero-order valence-electron chi connectivity index (χ0n) is 13.7. The maximum absolute atomic E-state index is 10.5. The summed E-state index contributed by atoms with van der Waals surface area (Å²) in [4.78, 5) is 0. The third-order valence-electron chi connectivity index (χ3n) is 3.49. The van der Waals surface area contributed by atoms with E-state index in [1.165, 1.54) is 5.56 Å². The third kappa shape index (κ3) is 6.53. The fraction of sp³-hybridized carbons (Fsp3) is 0.667. The molecule has 2 nitrogen and oxygen atoms in total. The summed E-state index contributed by atoms with van der Waals surface area (Å²) in [5.74, 6) is 1.13. The van der Waals surface area contributed by atoms with Gasteiger partial charge in [-0.15, -0.1) is 0 Å². The molecule has 0 heterocycles. The molecule has 0 bridgehead atoms. The van der Waals surface area contributed by atoms with Crippen molar-refractivity contribution in [2.75, 3.05) is 6.54 Å². The second-order valence-electron chi connectivity index (χ2n) is 7.07. The maximum Gasteiger partial charge on any atom is 0.0746 e. The Hall–Kier alpha value is -0.860. The van der Waals surface area contributed by atoms with Gasteiger partial charge >= 0.3 is 0 Å². The highest BCUT2D eigenvalue weighted by Crippen LogP contribution is 2.23. The summed E-state index contributed by atoms with van der Waals surface area (Å²) < 4.78 is 0. The smallest absolute Gasteiger partial charge is 0.0746 e. The molecule has 0 spiro atoms. The zero-order chi connectivity index (χ0) is 15.2. The van der Waals surface area contributed by atoms with Crippen LogP contribution in [0.4, 0.5) is 0 Å². The topological polar surface area (TPSA) is 32.3 Å². The molecular weight excluding hydrogens is 246 g/mol. The van der Waals surface area contributed by atoms with E-state index in [0.29, 0.717) is 24.4 Å². The van der Waals surface area contributed by atoms with Crippen molar-refractivity contribution < 1.29 is 5.11 Å². The van der Waals surface area contributed by atoms with Gasteiger partial charge in [0, 0.05) is 12.6 Å². The summed E-state index contributed by atoms with van der Waals surface area (Å²) in [5.41, 5.74) is 0.666. The quantitative estimate of drug-likeness (QED) is 0.748. The van der Waals surface area contributed by atoms with E-state index in [9.17, 15) is 5.11 Å². The zero-order valence-corrected chi connectivity index (χ0v) is 13.7. The Bertz CT molecular complexity index is 370. The minimum Gasteiger partial charge on any atom is -0.389 e. The van der Waals surface area contributed by atoms with Crippen molar-refractivity contribution in [2.24, 2.45) is 11.8 Å². The largest absolute Gasteiger partial charge is 0.389 e. The van der Waals surface area contributed by atoms with Crippen molar-refractivity contribution >= 4 is 0 Å². The van der Waals surface area contributed by atoms with E-state index in [4.69, 9.17) is 0 Å². The van der Waals surface area contributed by atoms with Gasteiger partial charge in [-0.25, -0.2) is 0 Å². The molecular formula is C18H31NO. The molecule has 20 heavy (non-hydrogen) atoms. The van der Waals surface area contributed by atoms with Gasteiger partial charge in [-0.1, -0.05) is 58.0 Å². The van der Waals surface area contributed by atoms with Crippen molar-refractivity contribution in [3.63, 3.8) is 0 Å².